The third-order valence-corrected chi connectivity index (χ3v) is 1.63. The number of amides is 1. The molecule has 0 aliphatic carbocycles. The van der Waals surface area contributed by atoms with Crippen molar-refractivity contribution in [3.8, 4) is 0 Å². The van der Waals surface area contributed by atoms with Crippen LogP contribution >= 0.6 is 0 Å². The Labute approximate surface area is 83.5 Å². The molecule has 1 aromatic carbocycles. The summed E-state index contributed by atoms with van der Waals surface area (Å²) in [6.45, 7) is -0.957. The van der Waals surface area contributed by atoms with Crippen molar-refractivity contribution in [1.82, 2.24) is 0 Å². The third kappa shape index (κ3) is 3.25. The molecule has 0 aliphatic heterocycles. The Kier molecular flexibility index (Phi) is 3.31. The Morgan fingerprint density at radius 1 is 1.20 bits per heavy atom. The molecule has 0 saturated heterocycles. The number of alkyl halides is 3. The number of hydrogen-bond acceptors (Lipinski definition) is 1. The Hall–Kier alpha value is -1.56. The molecular weight excluding hydrogens is 211 g/mol. The van der Waals surface area contributed by atoms with E-state index in [0.717, 1.165) is 24.3 Å². The van der Waals surface area contributed by atoms with Crippen molar-refractivity contribution >= 4 is 11.6 Å². The average Bonchev–Trinajstić information content (AvgIpc) is 2.17. The van der Waals surface area contributed by atoms with Crippen LogP contribution < -0.4 is 5.32 Å². The summed E-state index contributed by atoms with van der Waals surface area (Å²) in [7, 11) is 0. The molecule has 0 atom stereocenters. The van der Waals surface area contributed by atoms with Gasteiger partial charge in [0.05, 0.1) is 5.56 Å². The number of hydrogen-bond donors (Lipinski definition) is 1. The summed E-state index contributed by atoms with van der Waals surface area (Å²) in [4.78, 5) is 10.6. The average molecular weight is 218 g/mol. The first-order valence-corrected chi connectivity index (χ1v) is 3.98. The lowest BCUT2D eigenvalue weighted by atomic mass is 10.2. The Morgan fingerprint density at radius 3 is 2.13 bits per heavy atom. The lowest BCUT2D eigenvalue weighted by Gasteiger charge is -2.07. The van der Waals surface area contributed by atoms with Crippen molar-refractivity contribution < 1.29 is 23.1 Å². The van der Waals surface area contributed by atoms with Crippen LogP contribution in [0.15, 0.2) is 24.3 Å². The number of nitrogens with one attached hydrogen (secondary N) is 1. The third-order valence-electron chi connectivity index (χ3n) is 1.63. The molecule has 1 radical (unpaired) electrons. The van der Waals surface area contributed by atoms with Gasteiger partial charge in [0.2, 0.25) is 0 Å². The lowest BCUT2D eigenvalue weighted by molar-refractivity contribution is -0.137. The second-order valence-electron chi connectivity index (χ2n) is 2.77. The number of carbonyl (C=O) groups is 1. The lowest BCUT2D eigenvalue weighted by Crippen LogP contribution is -2.14. The highest BCUT2D eigenvalue weighted by molar-refractivity contribution is 5.91. The van der Waals surface area contributed by atoms with Crippen molar-refractivity contribution in [1.29, 1.82) is 0 Å². The Morgan fingerprint density at radius 2 is 1.73 bits per heavy atom. The monoisotopic (exact) mass is 218 g/mol. The number of carbonyl (C=O) groups excluding carboxylic acids is 1. The fourth-order valence-corrected chi connectivity index (χ4v) is 0.940. The maximum atomic E-state index is 12.1. The van der Waals surface area contributed by atoms with E-state index in [1.807, 2.05) is 0 Å². The van der Waals surface area contributed by atoms with E-state index in [1.165, 1.54) is 0 Å². The van der Waals surface area contributed by atoms with E-state index in [1.54, 1.807) is 0 Å². The fourth-order valence-electron chi connectivity index (χ4n) is 0.940. The van der Waals surface area contributed by atoms with Gasteiger partial charge in [-0.2, -0.15) is 13.2 Å². The van der Waals surface area contributed by atoms with Gasteiger partial charge >= 0.3 is 6.18 Å². The molecule has 81 valence electrons. The van der Waals surface area contributed by atoms with E-state index in [2.05, 4.69) is 5.32 Å². The van der Waals surface area contributed by atoms with Crippen LogP contribution in [0.5, 0.6) is 0 Å². The molecule has 0 spiro atoms. The predicted molar refractivity (Wildman–Crippen MR) is 45.6 cm³/mol. The number of halogens is 3. The van der Waals surface area contributed by atoms with E-state index in [0.29, 0.717) is 0 Å². The van der Waals surface area contributed by atoms with Crippen LogP contribution in [-0.2, 0) is 16.1 Å². The van der Waals surface area contributed by atoms with Gasteiger partial charge in [0.1, 0.15) is 0 Å². The second-order valence-corrected chi connectivity index (χ2v) is 2.77. The minimum atomic E-state index is -4.40. The molecule has 0 bridgehead atoms. The molecule has 0 unspecified atom stereocenters. The number of rotatable bonds is 2. The summed E-state index contributed by atoms with van der Waals surface area (Å²) in [5, 5.41) is 12.2. The highest BCUT2D eigenvalue weighted by atomic mass is 19.4. The topological polar surface area (TPSA) is 49.0 Å². The first-order valence-electron chi connectivity index (χ1n) is 3.98. The van der Waals surface area contributed by atoms with E-state index in [9.17, 15) is 23.1 Å². The van der Waals surface area contributed by atoms with Crippen molar-refractivity contribution in [3.63, 3.8) is 0 Å². The summed E-state index contributed by atoms with van der Waals surface area (Å²) in [6.07, 6.45) is -4.40. The molecule has 3 nitrogen and oxygen atoms in total. The standard InChI is InChI=1S/C9H7F3NO2/c10-9(11,12)6-1-3-7(4-2-6)13-8(15)5-14/h1-4H,5H2,(H,13,15). The smallest absolute Gasteiger partial charge is 0.324 e. The summed E-state index contributed by atoms with van der Waals surface area (Å²) in [6, 6.07) is 3.85. The SMILES string of the molecule is [O]CC(=O)Nc1ccc(C(F)(F)F)cc1. The van der Waals surface area contributed by atoms with E-state index in [-0.39, 0.29) is 5.69 Å². The first kappa shape index (κ1) is 11.5. The van der Waals surface area contributed by atoms with Crippen LogP contribution in [0.2, 0.25) is 0 Å². The normalized spacial score (nSPS) is 11.2. The van der Waals surface area contributed by atoms with E-state index >= 15 is 0 Å². The van der Waals surface area contributed by atoms with E-state index < -0.39 is 24.3 Å². The Balaban J connectivity index is 2.77. The number of benzene rings is 1. The van der Waals surface area contributed by atoms with Crippen LogP contribution in [0, 0.1) is 0 Å². The van der Waals surface area contributed by atoms with Gasteiger partial charge in [-0.3, -0.25) is 4.79 Å². The largest absolute Gasteiger partial charge is 0.416 e. The van der Waals surface area contributed by atoms with Crippen molar-refractivity contribution in [2.75, 3.05) is 11.9 Å². The molecule has 0 aliphatic rings. The minimum Gasteiger partial charge on any atom is -0.324 e. The van der Waals surface area contributed by atoms with Gasteiger partial charge in [-0.05, 0) is 24.3 Å². The van der Waals surface area contributed by atoms with Gasteiger partial charge in [0.25, 0.3) is 5.91 Å². The maximum absolute atomic E-state index is 12.1. The number of anilines is 1. The fraction of sp³-hybridized carbons (Fsp3) is 0.222. The van der Waals surface area contributed by atoms with Crippen LogP contribution in [0.1, 0.15) is 5.56 Å². The minimum absolute atomic E-state index is 0.170. The molecule has 1 amide bonds. The zero-order valence-electron chi connectivity index (χ0n) is 7.47. The van der Waals surface area contributed by atoms with E-state index in [4.69, 9.17) is 0 Å². The predicted octanol–water partition coefficient (Wildman–Crippen LogP) is 2.07. The van der Waals surface area contributed by atoms with Crippen molar-refractivity contribution in [2.24, 2.45) is 0 Å². The van der Waals surface area contributed by atoms with Gasteiger partial charge in [-0.15, -0.1) is 0 Å². The van der Waals surface area contributed by atoms with Gasteiger partial charge in [0, 0.05) is 5.69 Å². The summed E-state index contributed by atoms with van der Waals surface area (Å²) < 4.78 is 36.3. The van der Waals surface area contributed by atoms with Crippen LogP contribution in [0.4, 0.5) is 18.9 Å². The molecule has 1 rings (SSSR count). The highest BCUT2D eigenvalue weighted by Gasteiger charge is 2.29. The molecule has 0 aromatic heterocycles. The zero-order valence-corrected chi connectivity index (χ0v) is 7.47. The molecule has 15 heavy (non-hydrogen) atoms. The van der Waals surface area contributed by atoms with Gasteiger partial charge < -0.3 is 5.32 Å². The van der Waals surface area contributed by atoms with Crippen molar-refractivity contribution in [2.45, 2.75) is 6.18 Å². The molecule has 6 heteroatoms. The second kappa shape index (κ2) is 4.31. The molecule has 1 aromatic rings. The van der Waals surface area contributed by atoms with Gasteiger partial charge in [-0.25, -0.2) is 5.11 Å². The van der Waals surface area contributed by atoms with Crippen LogP contribution in [-0.4, -0.2) is 12.5 Å². The Bertz CT molecular complexity index is 345. The quantitative estimate of drug-likeness (QED) is 0.811. The van der Waals surface area contributed by atoms with Crippen molar-refractivity contribution in [3.05, 3.63) is 29.8 Å². The molecule has 0 fully saturated rings. The van der Waals surface area contributed by atoms with Crippen LogP contribution in [0.3, 0.4) is 0 Å². The van der Waals surface area contributed by atoms with Gasteiger partial charge in [0.15, 0.2) is 6.61 Å². The summed E-state index contributed by atoms with van der Waals surface area (Å²) in [5.41, 5.74) is -0.633. The summed E-state index contributed by atoms with van der Waals surface area (Å²) >= 11 is 0. The highest BCUT2D eigenvalue weighted by Crippen LogP contribution is 2.29. The zero-order chi connectivity index (χ0) is 11.5. The van der Waals surface area contributed by atoms with Gasteiger partial charge in [-0.1, -0.05) is 0 Å². The van der Waals surface area contributed by atoms with Crippen LogP contribution in [0.25, 0.3) is 0 Å². The first-order chi connectivity index (χ1) is 6.93. The molecular formula is C9H7F3NO2. The molecule has 1 N–H and O–H groups in total. The molecule has 0 saturated carbocycles. The molecule has 0 heterocycles. The summed E-state index contributed by atoms with van der Waals surface area (Å²) in [5.74, 6) is -0.783. The maximum Gasteiger partial charge on any atom is 0.416 e.